The molecule has 3 heteroatoms. The standard InChI is InChI=1S/C22H17NO2/c1-16-23-22(18-12-6-3-7-13-18)21(24-16,17-10-4-2-5-11-17)19-14-8-9-15-20(19)25-22/h2-15H,1H3/t21-,22+/m0/s1. The molecule has 5 rings (SSSR count). The van der Waals surface area contributed by atoms with Crippen molar-refractivity contribution in [3.05, 3.63) is 102 Å². The number of rotatable bonds is 2. The first-order valence-electron chi connectivity index (χ1n) is 8.41. The Kier molecular flexibility index (Phi) is 2.84. The molecule has 0 bridgehead atoms. The van der Waals surface area contributed by atoms with Gasteiger partial charge in [-0.05, 0) is 6.07 Å². The van der Waals surface area contributed by atoms with Crippen molar-refractivity contribution in [1.82, 2.24) is 0 Å². The van der Waals surface area contributed by atoms with E-state index in [0.717, 1.165) is 22.4 Å². The molecular formula is C22H17NO2. The predicted octanol–water partition coefficient (Wildman–Crippen LogP) is 4.62. The van der Waals surface area contributed by atoms with E-state index in [4.69, 9.17) is 14.5 Å². The SMILES string of the molecule is CC1=N[C@]2(c3ccccc3)Oc3ccccc3[C@]2(c2ccccc2)O1. The van der Waals surface area contributed by atoms with Crippen molar-refractivity contribution in [2.75, 3.05) is 0 Å². The smallest absolute Gasteiger partial charge is 0.277 e. The van der Waals surface area contributed by atoms with Crippen molar-refractivity contribution in [3.63, 3.8) is 0 Å². The Balaban J connectivity index is 1.88. The van der Waals surface area contributed by atoms with Crippen LogP contribution in [0.15, 0.2) is 89.9 Å². The molecule has 0 aliphatic carbocycles. The van der Waals surface area contributed by atoms with Crippen molar-refractivity contribution in [1.29, 1.82) is 0 Å². The van der Waals surface area contributed by atoms with Gasteiger partial charge in [-0.25, -0.2) is 4.99 Å². The minimum Gasteiger partial charge on any atom is -0.458 e. The molecule has 0 saturated carbocycles. The Bertz CT molecular complexity index is 968. The van der Waals surface area contributed by atoms with Gasteiger partial charge in [0.25, 0.3) is 5.72 Å². The summed E-state index contributed by atoms with van der Waals surface area (Å²) in [4.78, 5) is 4.89. The van der Waals surface area contributed by atoms with Crippen molar-refractivity contribution >= 4 is 5.90 Å². The number of ether oxygens (including phenoxy) is 2. The van der Waals surface area contributed by atoms with E-state index in [1.807, 2.05) is 61.5 Å². The predicted molar refractivity (Wildman–Crippen MR) is 96.6 cm³/mol. The number of para-hydroxylation sites is 1. The van der Waals surface area contributed by atoms with Gasteiger partial charge in [-0.15, -0.1) is 0 Å². The maximum atomic E-state index is 6.52. The average molecular weight is 327 g/mol. The molecule has 0 unspecified atom stereocenters. The highest BCUT2D eigenvalue weighted by atomic mass is 16.6. The second-order valence-electron chi connectivity index (χ2n) is 6.39. The first-order chi connectivity index (χ1) is 12.3. The van der Waals surface area contributed by atoms with Gasteiger partial charge in [0.05, 0.1) is 0 Å². The van der Waals surface area contributed by atoms with Crippen LogP contribution in [-0.4, -0.2) is 5.90 Å². The molecule has 0 saturated heterocycles. The number of benzene rings is 3. The van der Waals surface area contributed by atoms with Crippen LogP contribution in [0.4, 0.5) is 0 Å². The lowest BCUT2D eigenvalue weighted by Gasteiger charge is -2.36. The summed E-state index contributed by atoms with van der Waals surface area (Å²) in [7, 11) is 0. The van der Waals surface area contributed by atoms with Crippen LogP contribution in [0.2, 0.25) is 0 Å². The summed E-state index contributed by atoms with van der Waals surface area (Å²) in [5.74, 6) is 1.44. The second kappa shape index (κ2) is 4.96. The molecule has 25 heavy (non-hydrogen) atoms. The molecule has 2 aliphatic rings. The summed E-state index contributed by atoms with van der Waals surface area (Å²) in [5, 5.41) is 0. The van der Waals surface area contributed by atoms with E-state index in [9.17, 15) is 0 Å². The lowest BCUT2D eigenvalue weighted by Crippen LogP contribution is -2.46. The first kappa shape index (κ1) is 14.3. The van der Waals surface area contributed by atoms with Gasteiger partial charge in [-0.1, -0.05) is 78.9 Å². The number of hydrogen-bond acceptors (Lipinski definition) is 3. The Hall–Kier alpha value is -3.07. The van der Waals surface area contributed by atoms with Gasteiger partial charge in [-0.2, -0.15) is 0 Å². The zero-order valence-corrected chi connectivity index (χ0v) is 13.8. The van der Waals surface area contributed by atoms with Crippen LogP contribution >= 0.6 is 0 Å². The van der Waals surface area contributed by atoms with Crippen LogP contribution in [-0.2, 0) is 16.1 Å². The first-order valence-corrected chi connectivity index (χ1v) is 8.41. The van der Waals surface area contributed by atoms with Crippen molar-refractivity contribution in [2.24, 2.45) is 4.99 Å². The lowest BCUT2D eigenvalue weighted by molar-refractivity contribution is -0.0489. The molecule has 122 valence electrons. The third-order valence-electron chi connectivity index (χ3n) is 4.96. The van der Waals surface area contributed by atoms with Crippen LogP contribution < -0.4 is 4.74 Å². The molecule has 0 fully saturated rings. The summed E-state index contributed by atoms with van der Waals surface area (Å²) >= 11 is 0. The third kappa shape index (κ3) is 1.73. The summed E-state index contributed by atoms with van der Waals surface area (Å²) < 4.78 is 13.0. The van der Waals surface area contributed by atoms with Gasteiger partial charge in [0.1, 0.15) is 5.75 Å². The van der Waals surface area contributed by atoms with Crippen LogP contribution in [0.5, 0.6) is 5.75 Å². The highest BCUT2D eigenvalue weighted by molar-refractivity contribution is 5.79. The second-order valence-corrected chi connectivity index (χ2v) is 6.39. The Morgan fingerprint density at radius 3 is 2.00 bits per heavy atom. The minimum atomic E-state index is -0.955. The molecule has 0 amide bonds. The van der Waals surface area contributed by atoms with E-state index in [2.05, 4.69) is 30.3 Å². The fourth-order valence-electron chi connectivity index (χ4n) is 4.03. The van der Waals surface area contributed by atoms with E-state index in [1.165, 1.54) is 0 Å². The molecule has 0 spiro atoms. The maximum Gasteiger partial charge on any atom is 0.277 e. The van der Waals surface area contributed by atoms with Gasteiger partial charge in [-0.3, -0.25) is 0 Å². The third-order valence-corrected chi connectivity index (χ3v) is 4.96. The van der Waals surface area contributed by atoms with Crippen molar-refractivity contribution in [3.8, 4) is 5.75 Å². The van der Waals surface area contributed by atoms with Gasteiger partial charge in [0, 0.05) is 23.6 Å². The molecule has 2 heterocycles. The molecule has 2 atom stereocenters. The van der Waals surface area contributed by atoms with Crippen LogP contribution in [0.1, 0.15) is 23.6 Å². The normalized spacial score (nSPS) is 26.2. The van der Waals surface area contributed by atoms with Gasteiger partial charge < -0.3 is 9.47 Å². The number of hydrogen-bond donors (Lipinski definition) is 0. The van der Waals surface area contributed by atoms with E-state index in [0.29, 0.717) is 5.90 Å². The molecule has 2 aliphatic heterocycles. The highest BCUT2D eigenvalue weighted by Gasteiger charge is 2.68. The van der Waals surface area contributed by atoms with E-state index < -0.39 is 11.3 Å². The van der Waals surface area contributed by atoms with Crippen LogP contribution in [0.3, 0.4) is 0 Å². The zero-order valence-electron chi connectivity index (χ0n) is 13.8. The Morgan fingerprint density at radius 2 is 1.28 bits per heavy atom. The molecule has 0 radical (unpaired) electrons. The maximum absolute atomic E-state index is 6.52. The van der Waals surface area contributed by atoms with Crippen LogP contribution in [0.25, 0.3) is 0 Å². The Labute approximate surface area is 146 Å². The average Bonchev–Trinajstić information content (AvgIpc) is 3.11. The van der Waals surface area contributed by atoms with Gasteiger partial charge in [0.2, 0.25) is 5.60 Å². The summed E-state index contributed by atoms with van der Waals surface area (Å²) in [6.45, 7) is 1.89. The summed E-state index contributed by atoms with van der Waals surface area (Å²) in [6, 6.07) is 28.4. The van der Waals surface area contributed by atoms with Gasteiger partial charge in [0.15, 0.2) is 5.90 Å². The molecule has 0 N–H and O–H groups in total. The van der Waals surface area contributed by atoms with E-state index in [-0.39, 0.29) is 0 Å². The van der Waals surface area contributed by atoms with Gasteiger partial charge >= 0.3 is 0 Å². The summed E-state index contributed by atoms with van der Waals surface area (Å²) in [6.07, 6.45) is 0. The highest BCUT2D eigenvalue weighted by Crippen LogP contribution is 2.61. The van der Waals surface area contributed by atoms with E-state index >= 15 is 0 Å². The number of fused-ring (bicyclic) bond motifs is 3. The molecular weight excluding hydrogens is 310 g/mol. The fraction of sp³-hybridized carbons (Fsp3) is 0.136. The van der Waals surface area contributed by atoms with Crippen molar-refractivity contribution in [2.45, 2.75) is 18.2 Å². The molecule has 0 aromatic heterocycles. The Morgan fingerprint density at radius 1 is 0.680 bits per heavy atom. The quantitative estimate of drug-likeness (QED) is 0.687. The zero-order chi connectivity index (χ0) is 16.9. The number of aliphatic imine (C=N–C) groups is 1. The summed E-state index contributed by atoms with van der Waals surface area (Å²) in [5.41, 5.74) is 1.24. The minimum absolute atomic E-state index is 0.627. The molecule has 3 aromatic carbocycles. The van der Waals surface area contributed by atoms with E-state index in [1.54, 1.807) is 0 Å². The fourth-order valence-corrected chi connectivity index (χ4v) is 4.03. The van der Waals surface area contributed by atoms with Crippen LogP contribution in [0, 0.1) is 0 Å². The largest absolute Gasteiger partial charge is 0.458 e. The monoisotopic (exact) mass is 327 g/mol. The topological polar surface area (TPSA) is 30.8 Å². The molecule has 3 nitrogen and oxygen atoms in total. The number of nitrogens with zero attached hydrogens (tertiary/aromatic N) is 1. The van der Waals surface area contributed by atoms with Crippen molar-refractivity contribution < 1.29 is 9.47 Å². The molecule has 3 aromatic rings. The lowest BCUT2D eigenvalue weighted by atomic mass is 9.76.